The van der Waals surface area contributed by atoms with Crippen molar-refractivity contribution < 1.29 is 4.42 Å². The maximum absolute atomic E-state index is 5.96. The van der Waals surface area contributed by atoms with Crippen LogP contribution < -0.4 is 5.32 Å². The number of para-hydroxylation sites is 1. The largest absolute Gasteiger partial charge is 0.447 e. The van der Waals surface area contributed by atoms with Gasteiger partial charge in [0.2, 0.25) is 0 Å². The molecular formula is C10H9ClN2O. The maximum atomic E-state index is 5.96. The van der Waals surface area contributed by atoms with Crippen LogP contribution in [0.2, 0.25) is 5.02 Å². The molecule has 2 aromatic rings. The van der Waals surface area contributed by atoms with Crippen molar-refractivity contribution in [3.05, 3.63) is 47.6 Å². The van der Waals surface area contributed by atoms with E-state index in [4.69, 9.17) is 16.0 Å². The fourth-order valence-corrected chi connectivity index (χ4v) is 1.32. The van der Waals surface area contributed by atoms with Crippen LogP contribution in [0.4, 0.5) is 5.69 Å². The van der Waals surface area contributed by atoms with Gasteiger partial charge in [0.15, 0.2) is 6.39 Å². The summed E-state index contributed by atoms with van der Waals surface area (Å²) in [6.45, 7) is 0.587. The van der Waals surface area contributed by atoms with E-state index in [1.807, 2.05) is 24.3 Å². The SMILES string of the molecule is Clc1ccccc1NCc1cnco1. The minimum atomic E-state index is 0.587. The standard InChI is InChI=1S/C10H9ClN2O/c11-9-3-1-2-4-10(9)13-6-8-5-12-7-14-8/h1-5,7,13H,6H2. The fourth-order valence-electron chi connectivity index (χ4n) is 1.12. The molecule has 4 heteroatoms. The second kappa shape index (κ2) is 4.15. The van der Waals surface area contributed by atoms with Gasteiger partial charge in [-0.2, -0.15) is 0 Å². The van der Waals surface area contributed by atoms with E-state index in [1.54, 1.807) is 6.20 Å². The van der Waals surface area contributed by atoms with E-state index in [0.29, 0.717) is 11.6 Å². The molecule has 0 aliphatic rings. The predicted octanol–water partition coefficient (Wildman–Crippen LogP) is 2.94. The van der Waals surface area contributed by atoms with Crippen LogP contribution in [-0.4, -0.2) is 4.98 Å². The van der Waals surface area contributed by atoms with E-state index < -0.39 is 0 Å². The number of nitrogens with one attached hydrogen (secondary N) is 1. The highest BCUT2D eigenvalue weighted by molar-refractivity contribution is 6.33. The first-order chi connectivity index (χ1) is 6.86. The van der Waals surface area contributed by atoms with Gasteiger partial charge in [0.05, 0.1) is 23.5 Å². The van der Waals surface area contributed by atoms with E-state index in [2.05, 4.69) is 10.3 Å². The molecule has 0 bridgehead atoms. The monoisotopic (exact) mass is 208 g/mol. The maximum Gasteiger partial charge on any atom is 0.180 e. The fraction of sp³-hybridized carbons (Fsp3) is 0.100. The second-order valence-corrected chi connectivity index (χ2v) is 3.21. The number of anilines is 1. The molecule has 72 valence electrons. The summed E-state index contributed by atoms with van der Waals surface area (Å²) in [5.74, 6) is 0.782. The average molecular weight is 209 g/mol. The van der Waals surface area contributed by atoms with Crippen molar-refractivity contribution in [1.29, 1.82) is 0 Å². The normalized spacial score (nSPS) is 10.1. The van der Waals surface area contributed by atoms with Crippen molar-refractivity contribution in [2.45, 2.75) is 6.54 Å². The van der Waals surface area contributed by atoms with Crippen LogP contribution in [-0.2, 0) is 6.54 Å². The van der Waals surface area contributed by atoms with Gasteiger partial charge in [-0.1, -0.05) is 23.7 Å². The summed E-state index contributed by atoms with van der Waals surface area (Å²) in [6.07, 6.45) is 3.08. The van der Waals surface area contributed by atoms with Crippen LogP contribution in [0.1, 0.15) is 5.76 Å². The molecule has 2 rings (SSSR count). The Kier molecular flexibility index (Phi) is 2.70. The Morgan fingerprint density at radius 1 is 1.36 bits per heavy atom. The lowest BCUT2D eigenvalue weighted by Gasteiger charge is -2.05. The van der Waals surface area contributed by atoms with Gasteiger partial charge in [-0.15, -0.1) is 0 Å². The highest BCUT2D eigenvalue weighted by Gasteiger charge is 1.99. The molecule has 1 aromatic carbocycles. The molecule has 0 aliphatic heterocycles. The molecule has 0 fully saturated rings. The zero-order valence-corrected chi connectivity index (χ0v) is 8.16. The zero-order valence-electron chi connectivity index (χ0n) is 7.40. The summed E-state index contributed by atoms with van der Waals surface area (Å²) < 4.78 is 5.08. The van der Waals surface area contributed by atoms with E-state index in [-0.39, 0.29) is 0 Å². The lowest BCUT2D eigenvalue weighted by molar-refractivity contribution is 0.512. The molecule has 14 heavy (non-hydrogen) atoms. The Morgan fingerprint density at radius 3 is 2.93 bits per heavy atom. The van der Waals surface area contributed by atoms with Gasteiger partial charge in [0.25, 0.3) is 0 Å². The number of aromatic nitrogens is 1. The summed E-state index contributed by atoms with van der Waals surface area (Å²) in [5.41, 5.74) is 0.894. The predicted molar refractivity (Wildman–Crippen MR) is 55.3 cm³/mol. The Bertz CT molecular complexity index is 400. The molecule has 0 spiro atoms. The summed E-state index contributed by atoms with van der Waals surface area (Å²) >= 11 is 5.96. The topological polar surface area (TPSA) is 38.1 Å². The summed E-state index contributed by atoms with van der Waals surface area (Å²) in [5, 5.41) is 3.85. The lowest BCUT2D eigenvalue weighted by Crippen LogP contribution is -1.98. The van der Waals surface area contributed by atoms with Crippen LogP contribution in [0.5, 0.6) is 0 Å². The molecule has 0 aliphatic carbocycles. The number of rotatable bonds is 3. The smallest absolute Gasteiger partial charge is 0.180 e. The van der Waals surface area contributed by atoms with E-state index in [9.17, 15) is 0 Å². The highest BCUT2D eigenvalue weighted by atomic mass is 35.5. The molecular weight excluding hydrogens is 200 g/mol. The Balaban J connectivity index is 2.02. The molecule has 0 radical (unpaired) electrons. The number of hydrogen-bond donors (Lipinski definition) is 1. The number of hydrogen-bond acceptors (Lipinski definition) is 3. The van der Waals surface area contributed by atoms with E-state index in [1.165, 1.54) is 6.39 Å². The first-order valence-corrected chi connectivity index (χ1v) is 4.60. The molecule has 0 atom stereocenters. The zero-order chi connectivity index (χ0) is 9.80. The second-order valence-electron chi connectivity index (χ2n) is 2.80. The summed E-state index contributed by atoms with van der Waals surface area (Å²) in [6, 6.07) is 7.57. The molecule has 0 unspecified atom stereocenters. The third-order valence-corrected chi connectivity index (χ3v) is 2.14. The highest BCUT2D eigenvalue weighted by Crippen LogP contribution is 2.20. The molecule has 0 amide bonds. The van der Waals surface area contributed by atoms with Gasteiger partial charge in [-0.25, -0.2) is 4.98 Å². The van der Waals surface area contributed by atoms with Crippen LogP contribution in [0.25, 0.3) is 0 Å². The lowest BCUT2D eigenvalue weighted by atomic mass is 10.3. The van der Waals surface area contributed by atoms with Gasteiger partial charge in [-0.05, 0) is 12.1 Å². The Morgan fingerprint density at radius 2 is 2.21 bits per heavy atom. The van der Waals surface area contributed by atoms with Crippen molar-refractivity contribution in [2.75, 3.05) is 5.32 Å². The Hall–Kier alpha value is -1.48. The van der Waals surface area contributed by atoms with Crippen molar-refractivity contribution in [3.8, 4) is 0 Å². The summed E-state index contributed by atoms with van der Waals surface area (Å²) in [4.78, 5) is 3.82. The van der Waals surface area contributed by atoms with Gasteiger partial charge < -0.3 is 9.73 Å². The average Bonchev–Trinajstić information content (AvgIpc) is 2.69. The Labute approximate surface area is 86.7 Å². The van der Waals surface area contributed by atoms with Crippen LogP contribution in [0.3, 0.4) is 0 Å². The molecule has 3 nitrogen and oxygen atoms in total. The van der Waals surface area contributed by atoms with E-state index >= 15 is 0 Å². The first-order valence-electron chi connectivity index (χ1n) is 4.22. The van der Waals surface area contributed by atoms with Gasteiger partial charge in [0, 0.05) is 0 Å². The minimum Gasteiger partial charge on any atom is -0.447 e. The molecule has 1 N–H and O–H groups in total. The van der Waals surface area contributed by atoms with Gasteiger partial charge >= 0.3 is 0 Å². The molecule has 1 heterocycles. The quantitative estimate of drug-likeness (QED) is 0.843. The number of nitrogens with zero attached hydrogens (tertiary/aromatic N) is 1. The minimum absolute atomic E-state index is 0.587. The first kappa shape index (κ1) is 9.09. The van der Waals surface area contributed by atoms with Crippen molar-refractivity contribution in [1.82, 2.24) is 4.98 Å². The number of benzene rings is 1. The molecule has 0 saturated heterocycles. The third kappa shape index (κ3) is 2.06. The molecule has 1 aromatic heterocycles. The van der Waals surface area contributed by atoms with Crippen LogP contribution >= 0.6 is 11.6 Å². The van der Waals surface area contributed by atoms with Crippen molar-refractivity contribution in [2.24, 2.45) is 0 Å². The van der Waals surface area contributed by atoms with Gasteiger partial charge in [-0.3, -0.25) is 0 Å². The van der Waals surface area contributed by atoms with Gasteiger partial charge in [0.1, 0.15) is 5.76 Å². The number of halogens is 1. The van der Waals surface area contributed by atoms with Crippen LogP contribution in [0, 0.1) is 0 Å². The van der Waals surface area contributed by atoms with Crippen molar-refractivity contribution >= 4 is 17.3 Å². The van der Waals surface area contributed by atoms with E-state index in [0.717, 1.165) is 11.4 Å². The third-order valence-electron chi connectivity index (χ3n) is 1.81. The molecule has 0 saturated carbocycles. The summed E-state index contributed by atoms with van der Waals surface area (Å²) in [7, 11) is 0. The van der Waals surface area contributed by atoms with Crippen molar-refractivity contribution in [3.63, 3.8) is 0 Å². The number of oxazole rings is 1. The van der Waals surface area contributed by atoms with Crippen LogP contribution in [0.15, 0.2) is 41.3 Å².